The van der Waals surface area contributed by atoms with Crippen molar-refractivity contribution >= 4 is 11.9 Å². The first-order valence-electron chi connectivity index (χ1n) is 4.48. The minimum Gasteiger partial charge on any atom is -0.421 e. The van der Waals surface area contributed by atoms with E-state index < -0.39 is 24.1 Å². The van der Waals surface area contributed by atoms with Crippen LogP contribution in [0.2, 0.25) is 0 Å². The number of benzene rings is 1. The SMILES string of the molecule is O=C1Oc2ccccc2OC(=O)C(O)C1O. The molecule has 84 valence electrons. The van der Waals surface area contributed by atoms with Crippen molar-refractivity contribution in [2.45, 2.75) is 12.2 Å². The van der Waals surface area contributed by atoms with Gasteiger partial charge in [0.05, 0.1) is 0 Å². The first-order valence-corrected chi connectivity index (χ1v) is 4.48. The Morgan fingerprint density at radius 3 is 1.62 bits per heavy atom. The molecule has 1 aliphatic rings. The van der Waals surface area contributed by atoms with Crippen LogP contribution < -0.4 is 9.47 Å². The highest BCUT2D eigenvalue weighted by atomic mass is 16.6. The molecule has 0 radical (unpaired) electrons. The summed E-state index contributed by atoms with van der Waals surface area (Å²) < 4.78 is 9.48. The molecule has 2 unspecified atom stereocenters. The average Bonchev–Trinajstić information content (AvgIpc) is 2.28. The molecule has 6 heteroatoms. The molecule has 0 fully saturated rings. The number of fused-ring (bicyclic) bond motifs is 1. The van der Waals surface area contributed by atoms with Crippen LogP contribution in [0.4, 0.5) is 0 Å². The molecule has 2 rings (SSSR count). The van der Waals surface area contributed by atoms with Crippen molar-refractivity contribution < 1.29 is 29.3 Å². The first-order chi connectivity index (χ1) is 7.59. The van der Waals surface area contributed by atoms with Crippen molar-refractivity contribution in [3.63, 3.8) is 0 Å². The van der Waals surface area contributed by atoms with Gasteiger partial charge < -0.3 is 19.7 Å². The van der Waals surface area contributed by atoms with Crippen molar-refractivity contribution in [3.8, 4) is 11.5 Å². The summed E-state index contributed by atoms with van der Waals surface area (Å²) in [5.41, 5.74) is 0. The highest BCUT2D eigenvalue weighted by Crippen LogP contribution is 2.28. The molecule has 0 aliphatic carbocycles. The van der Waals surface area contributed by atoms with Gasteiger partial charge in [-0.2, -0.15) is 0 Å². The minimum atomic E-state index is -1.94. The highest BCUT2D eigenvalue weighted by Gasteiger charge is 2.36. The summed E-state index contributed by atoms with van der Waals surface area (Å²) in [6.07, 6.45) is -3.89. The van der Waals surface area contributed by atoms with Crippen LogP contribution in [-0.2, 0) is 9.59 Å². The molecule has 1 aromatic rings. The molecule has 16 heavy (non-hydrogen) atoms. The van der Waals surface area contributed by atoms with Gasteiger partial charge in [0.25, 0.3) is 0 Å². The van der Waals surface area contributed by atoms with Gasteiger partial charge in [0.2, 0.25) is 0 Å². The lowest BCUT2D eigenvalue weighted by Crippen LogP contribution is -2.45. The molecule has 0 saturated heterocycles. The molecule has 2 N–H and O–H groups in total. The number of esters is 2. The molecule has 0 amide bonds. The van der Waals surface area contributed by atoms with Gasteiger partial charge in [0.15, 0.2) is 23.7 Å². The van der Waals surface area contributed by atoms with Crippen LogP contribution in [0.15, 0.2) is 24.3 Å². The second kappa shape index (κ2) is 3.92. The summed E-state index contributed by atoms with van der Waals surface area (Å²) in [6, 6.07) is 5.96. The van der Waals surface area contributed by atoms with Crippen molar-refractivity contribution in [1.82, 2.24) is 0 Å². The average molecular weight is 224 g/mol. The maximum atomic E-state index is 11.2. The zero-order valence-corrected chi connectivity index (χ0v) is 7.99. The second-order valence-corrected chi connectivity index (χ2v) is 3.18. The second-order valence-electron chi connectivity index (χ2n) is 3.18. The molecule has 1 aromatic carbocycles. The molecule has 0 spiro atoms. The lowest BCUT2D eigenvalue weighted by atomic mass is 10.2. The lowest BCUT2D eigenvalue weighted by molar-refractivity contribution is -0.164. The maximum absolute atomic E-state index is 11.2. The van der Waals surface area contributed by atoms with Crippen molar-refractivity contribution in [2.75, 3.05) is 0 Å². The number of aliphatic hydroxyl groups is 2. The Kier molecular flexibility index (Phi) is 2.59. The minimum absolute atomic E-state index is 0.0202. The number of hydrogen-bond acceptors (Lipinski definition) is 6. The van der Waals surface area contributed by atoms with Gasteiger partial charge in [-0.25, -0.2) is 9.59 Å². The molecular formula is C10H8O6. The molecule has 0 bridgehead atoms. The Morgan fingerprint density at radius 2 is 1.25 bits per heavy atom. The molecule has 1 aliphatic heterocycles. The topological polar surface area (TPSA) is 93.1 Å². The summed E-state index contributed by atoms with van der Waals surface area (Å²) in [6.45, 7) is 0. The van der Waals surface area contributed by atoms with E-state index >= 15 is 0 Å². The summed E-state index contributed by atoms with van der Waals surface area (Å²) >= 11 is 0. The predicted octanol–water partition coefficient (Wildman–Crippen LogP) is -0.767. The van der Waals surface area contributed by atoms with Crippen LogP contribution in [-0.4, -0.2) is 34.4 Å². The molecule has 2 atom stereocenters. The zero-order chi connectivity index (χ0) is 11.7. The van der Waals surface area contributed by atoms with Crippen LogP contribution in [0, 0.1) is 0 Å². The number of rotatable bonds is 0. The fourth-order valence-corrected chi connectivity index (χ4v) is 1.21. The van der Waals surface area contributed by atoms with E-state index in [-0.39, 0.29) is 11.5 Å². The number of hydrogen-bond donors (Lipinski definition) is 2. The van der Waals surface area contributed by atoms with E-state index in [0.717, 1.165) is 0 Å². The van der Waals surface area contributed by atoms with E-state index in [1.54, 1.807) is 12.1 Å². The van der Waals surface area contributed by atoms with Crippen molar-refractivity contribution in [2.24, 2.45) is 0 Å². The van der Waals surface area contributed by atoms with Crippen LogP contribution >= 0.6 is 0 Å². The van der Waals surface area contributed by atoms with Gasteiger partial charge in [0, 0.05) is 0 Å². The summed E-state index contributed by atoms with van der Waals surface area (Å²) in [5.74, 6) is -2.16. The number of para-hydroxylation sites is 2. The molecule has 0 aromatic heterocycles. The Hall–Kier alpha value is -1.92. The standard InChI is InChI=1S/C10H8O6/c11-7-8(12)10(14)16-6-4-2-1-3-5(6)15-9(7)13/h1-4,7-8,11-12H. The van der Waals surface area contributed by atoms with Crippen LogP contribution in [0.3, 0.4) is 0 Å². The Bertz CT molecular complexity index is 400. The van der Waals surface area contributed by atoms with E-state index in [1.807, 2.05) is 0 Å². The van der Waals surface area contributed by atoms with Crippen molar-refractivity contribution in [1.29, 1.82) is 0 Å². The van der Waals surface area contributed by atoms with E-state index in [2.05, 4.69) is 0 Å². The third-order valence-corrected chi connectivity index (χ3v) is 2.05. The van der Waals surface area contributed by atoms with E-state index in [1.165, 1.54) is 12.1 Å². The molecule has 0 saturated carbocycles. The quantitative estimate of drug-likeness (QED) is 0.444. The summed E-state index contributed by atoms with van der Waals surface area (Å²) in [4.78, 5) is 22.5. The molecule has 1 heterocycles. The van der Waals surface area contributed by atoms with E-state index in [4.69, 9.17) is 9.47 Å². The number of aliphatic hydroxyl groups excluding tert-OH is 2. The monoisotopic (exact) mass is 224 g/mol. The van der Waals surface area contributed by atoms with E-state index in [9.17, 15) is 19.8 Å². The highest BCUT2D eigenvalue weighted by molar-refractivity contribution is 5.89. The van der Waals surface area contributed by atoms with Gasteiger partial charge >= 0.3 is 11.9 Å². The van der Waals surface area contributed by atoms with Gasteiger partial charge in [-0.3, -0.25) is 0 Å². The van der Waals surface area contributed by atoms with E-state index in [0.29, 0.717) is 0 Å². The Balaban J connectivity index is 2.42. The Morgan fingerprint density at radius 1 is 0.875 bits per heavy atom. The number of ether oxygens (including phenoxy) is 2. The molecular weight excluding hydrogens is 216 g/mol. The largest absolute Gasteiger partial charge is 0.421 e. The van der Waals surface area contributed by atoms with Crippen LogP contribution in [0.1, 0.15) is 0 Å². The maximum Gasteiger partial charge on any atom is 0.343 e. The van der Waals surface area contributed by atoms with Gasteiger partial charge in [-0.15, -0.1) is 0 Å². The summed E-state index contributed by atoms with van der Waals surface area (Å²) in [7, 11) is 0. The smallest absolute Gasteiger partial charge is 0.343 e. The van der Waals surface area contributed by atoms with Crippen LogP contribution in [0.5, 0.6) is 11.5 Å². The lowest BCUT2D eigenvalue weighted by Gasteiger charge is -2.20. The third kappa shape index (κ3) is 1.75. The van der Waals surface area contributed by atoms with Crippen molar-refractivity contribution in [3.05, 3.63) is 24.3 Å². The number of carbonyl (C=O) groups excluding carboxylic acids is 2. The normalized spacial score (nSPS) is 24.9. The van der Waals surface area contributed by atoms with Gasteiger partial charge in [-0.1, -0.05) is 12.1 Å². The molecule has 6 nitrogen and oxygen atoms in total. The predicted molar refractivity (Wildman–Crippen MR) is 49.7 cm³/mol. The van der Waals surface area contributed by atoms with Crippen LogP contribution in [0.25, 0.3) is 0 Å². The fourth-order valence-electron chi connectivity index (χ4n) is 1.21. The number of carbonyl (C=O) groups is 2. The summed E-state index contributed by atoms with van der Waals surface area (Å²) in [5, 5.41) is 18.4. The van der Waals surface area contributed by atoms with Gasteiger partial charge in [-0.05, 0) is 12.1 Å². The van der Waals surface area contributed by atoms with Gasteiger partial charge in [0.1, 0.15) is 0 Å². The third-order valence-electron chi connectivity index (χ3n) is 2.05. The Labute approximate surface area is 90.0 Å². The first kappa shape index (κ1) is 10.6. The zero-order valence-electron chi connectivity index (χ0n) is 7.99. The fraction of sp³-hybridized carbons (Fsp3) is 0.200.